The zero-order chi connectivity index (χ0) is 19.2. The van der Waals surface area contributed by atoms with Crippen LogP contribution in [0.4, 0.5) is 4.79 Å². The fourth-order valence-electron chi connectivity index (χ4n) is 4.06. The predicted molar refractivity (Wildman–Crippen MR) is 108 cm³/mol. The molecule has 0 radical (unpaired) electrons. The van der Waals surface area contributed by atoms with E-state index in [2.05, 4.69) is 41.3 Å². The first-order valence-electron chi connectivity index (χ1n) is 10.1. The van der Waals surface area contributed by atoms with Gasteiger partial charge in [-0.2, -0.15) is 0 Å². The molecule has 2 fully saturated rings. The van der Waals surface area contributed by atoms with Gasteiger partial charge in [0.2, 0.25) is 0 Å². The summed E-state index contributed by atoms with van der Waals surface area (Å²) in [6, 6.07) is 20.7. The summed E-state index contributed by atoms with van der Waals surface area (Å²) < 4.78 is 11.1. The Morgan fingerprint density at radius 2 is 1.61 bits per heavy atom. The number of rotatable bonds is 7. The minimum atomic E-state index is -0.191. The Hall–Kier alpha value is -2.37. The molecule has 2 aromatic rings. The van der Waals surface area contributed by atoms with Gasteiger partial charge in [0.05, 0.1) is 19.8 Å². The van der Waals surface area contributed by atoms with Gasteiger partial charge in [0.25, 0.3) is 0 Å². The maximum Gasteiger partial charge on any atom is 0.410 e. The van der Waals surface area contributed by atoms with Crippen LogP contribution in [-0.4, -0.2) is 67.9 Å². The van der Waals surface area contributed by atoms with Crippen LogP contribution in [0.3, 0.4) is 0 Å². The minimum Gasteiger partial charge on any atom is -0.444 e. The number of amides is 1. The Bertz CT molecular complexity index is 747. The predicted octanol–water partition coefficient (Wildman–Crippen LogP) is 3.17. The van der Waals surface area contributed by atoms with Gasteiger partial charge in [-0.15, -0.1) is 0 Å². The van der Waals surface area contributed by atoms with E-state index < -0.39 is 0 Å². The SMILES string of the molecule is O=C1OC(Cc2ccccc2)CN1CC(CN1CCOCC1)c1ccccc1. The zero-order valence-corrected chi connectivity index (χ0v) is 16.2. The summed E-state index contributed by atoms with van der Waals surface area (Å²) in [7, 11) is 0. The molecule has 2 aromatic carbocycles. The van der Waals surface area contributed by atoms with E-state index in [1.54, 1.807) is 0 Å². The summed E-state index contributed by atoms with van der Waals surface area (Å²) in [5, 5.41) is 0. The maximum absolute atomic E-state index is 12.5. The Balaban J connectivity index is 1.41. The molecule has 0 aromatic heterocycles. The molecule has 2 heterocycles. The van der Waals surface area contributed by atoms with Gasteiger partial charge in [0.1, 0.15) is 6.10 Å². The van der Waals surface area contributed by atoms with Gasteiger partial charge in [-0.05, 0) is 11.1 Å². The number of cyclic esters (lactones) is 1. The van der Waals surface area contributed by atoms with Crippen LogP contribution in [0, 0.1) is 0 Å². The van der Waals surface area contributed by atoms with E-state index in [1.807, 2.05) is 29.2 Å². The van der Waals surface area contributed by atoms with Gasteiger partial charge in [0, 0.05) is 38.5 Å². The largest absolute Gasteiger partial charge is 0.444 e. The van der Waals surface area contributed by atoms with Crippen LogP contribution < -0.4 is 0 Å². The average molecular weight is 380 g/mol. The minimum absolute atomic E-state index is 0.0743. The number of ether oxygens (including phenoxy) is 2. The fraction of sp³-hybridized carbons (Fsp3) is 0.435. The van der Waals surface area contributed by atoms with Crippen LogP contribution in [-0.2, 0) is 15.9 Å². The lowest BCUT2D eigenvalue weighted by atomic mass is 9.97. The van der Waals surface area contributed by atoms with Crippen LogP contribution in [0.25, 0.3) is 0 Å². The molecule has 148 valence electrons. The standard InChI is InChI=1S/C23H28N2O3/c26-23-25(18-22(28-23)15-19-7-3-1-4-8-19)17-21(20-9-5-2-6-10-20)16-24-11-13-27-14-12-24/h1-10,21-22H,11-18H2. The summed E-state index contributed by atoms with van der Waals surface area (Å²) in [6.45, 7) is 5.74. The molecule has 0 N–H and O–H groups in total. The van der Waals surface area contributed by atoms with E-state index in [1.165, 1.54) is 11.1 Å². The molecule has 4 rings (SSSR count). The van der Waals surface area contributed by atoms with E-state index in [4.69, 9.17) is 9.47 Å². The molecule has 2 aliphatic rings. The lowest BCUT2D eigenvalue weighted by molar-refractivity contribution is 0.0338. The van der Waals surface area contributed by atoms with Gasteiger partial charge in [-0.25, -0.2) is 4.79 Å². The van der Waals surface area contributed by atoms with Gasteiger partial charge in [-0.1, -0.05) is 60.7 Å². The third kappa shape index (κ3) is 4.91. The summed E-state index contributed by atoms with van der Waals surface area (Å²) in [5.74, 6) is 0.266. The van der Waals surface area contributed by atoms with Crippen LogP contribution >= 0.6 is 0 Å². The molecular formula is C23H28N2O3. The first-order chi connectivity index (χ1) is 13.8. The normalized spacial score (nSPS) is 21.5. The molecule has 0 saturated carbocycles. The number of hydrogen-bond donors (Lipinski definition) is 0. The second-order valence-corrected chi connectivity index (χ2v) is 7.62. The molecule has 2 atom stereocenters. The monoisotopic (exact) mass is 380 g/mol. The highest BCUT2D eigenvalue weighted by atomic mass is 16.6. The molecule has 0 bridgehead atoms. The quantitative estimate of drug-likeness (QED) is 0.740. The van der Waals surface area contributed by atoms with E-state index in [0.29, 0.717) is 13.1 Å². The Labute approximate surface area is 166 Å². The topological polar surface area (TPSA) is 42.0 Å². The van der Waals surface area contributed by atoms with Crippen molar-refractivity contribution >= 4 is 6.09 Å². The molecule has 0 aliphatic carbocycles. The van der Waals surface area contributed by atoms with Gasteiger partial charge in [-0.3, -0.25) is 4.90 Å². The van der Waals surface area contributed by atoms with Gasteiger partial charge in [0.15, 0.2) is 0 Å². The smallest absolute Gasteiger partial charge is 0.410 e. The summed E-state index contributed by atoms with van der Waals surface area (Å²) in [6.07, 6.45) is 0.501. The number of nitrogens with zero attached hydrogens (tertiary/aromatic N) is 2. The molecule has 1 amide bonds. The Morgan fingerprint density at radius 1 is 0.929 bits per heavy atom. The van der Waals surface area contributed by atoms with Crippen LogP contribution in [0.15, 0.2) is 60.7 Å². The van der Waals surface area contributed by atoms with Crippen molar-refractivity contribution in [1.82, 2.24) is 9.80 Å². The van der Waals surface area contributed by atoms with Crippen molar-refractivity contribution in [2.24, 2.45) is 0 Å². The average Bonchev–Trinajstić information content (AvgIpc) is 3.08. The highest BCUT2D eigenvalue weighted by Crippen LogP contribution is 2.23. The summed E-state index contributed by atoms with van der Waals surface area (Å²) in [4.78, 5) is 16.8. The van der Waals surface area contributed by atoms with Crippen molar-refractivity contribution in [3.63, 3.8) is 0 Å². The van der Waals surface area contributed by atoms with Crippen molar-refractivity contribution in [3.05, 3.63) is 71.8 Å². The maximum atomic E-state index is 12.5. The lowest BCUT2D eigenvalue weighted by Gasteiger charge is -2.32. The summed E-state index contributed by atoms with van der Waals surface area (Å²) >= 11 is 0. The number of morpholine rings is 1. The number of benzene rings is 2. The Kier molecular flexibility index (Phi) is 6.24. The fourth-order valence-corrected chi connectivity index (χ4v) is 4.06. The van der Waals surface area contributed by atoms with Crippen LogP contribution in [0.2, 0.25) is 0 Å². The highest BCUT2D eigenvalue weighted by molar-refractivity contribution is 5.70. The molecule has 0 spiro atoms. The number of hydrogen-bond acceptors (Lipinski definition) is 4. The van der Waals surface area contributed by atoms with Crippen molar-refractivity contribution in [2.45, 2.75) is 18.4 Å². The third-order valence-electron chi connectivity index (χ3n) is 5.55. The van der Waals surface area contributed by atoms with Crippen molar-refractivity contribution in [1.29, 1.82) is 0 Å². The number of carbonyl (C=O) groups is 1. The van der Waals surface area contributed by atoms with E-state index >= 15 is 0 Å². The molecule has 5 heteroatoms. The van der Waals surface area contributed by atoms with Crippen molar-refractivity contribution < 1.29 is 14.3 Å². The van der Waals surface area contributed by atoms with Gasteiger partial charge >= 0.3 is 6.09 Å². The van der Waals surface area contributed by atoms with E-state index in [-0.39, 0.29) is 18.1 Å². The first kappa shape index (κ1) is 19.0. The second kappa shape index (κ2) is 9.22. The van der Waals surface area contributed by atoms with E-state index in [0.717, 1.165) is 39.3 Å². The van der Waals surface area contributed by atoms with Crippen molar-refractivity contribution in [3.8, 4) is 0 Å². The molecule has 2 unspecified atom stereocenters. The third-order valence-corrected chi connectivity index (χ3v) is 5.55. The summed E-state index contributed by atoms with van der Waals surface area (Å²) in [5.41, 5.74) is 2.48. The van der Waals surface area contributed by atoms with Crippen LogP contribution in [0.1, 0.15) is 17.0 Å². The van der Waals surface area contributed by atoms with Crippen LogP contribution in [0.5, 0.6) is 0 Å². The van der Waals surface area contributed by atoms with Crippen molar-refractivity contribution in [2.75, 3.05) is 45.9 Å². The zero-order valence-electron chi connectivity index (χ0n) is 16.2. The molecule has 2 aliphatic heterocycles. The van der Waals surface area contributed by atoms with E-state index in [9.17, 15) is 4.79 Å². The molecule has 2 saturated heterocycles. The molecule has 5 nitrogen and oxygen atoms in total. The number of carbonyl (C=O) groups excluding carboxylic acids is 1. The highest BCUT2D eigenvalue weighted by Gasteiger charge is 2.33. The Morgan fingerprint density at radius 3 is 2.32 bits per heavy atom. The molecular weight excluding hydrogens is 352 g/mol. The first-order valence-corrected chi connectivity index (χ1v) is 10.1. The lowest BCUT2D eigenvalue weighted by Crippen LogP contribution is -2.41. The second-order valence-electron chi connectivity index (χ2n) is 7.62. The van der Waals surface area contributed by atoms with Gasteiger partial charge < -0.3 is 14.4 Å². The molecule has 28 heavy (non-hydrogen) atoms.